The van der Waals surface area contributed by atoms with Gasteiger partial charge in [0.25, 0.3) is 0 Å². The molecule has 4 heteroatoms. The van der Waals surface area contributed by atoms with Gasteiger partial charge in [-0.3, -0.25) is 0 Å². The summed E-state index contributed by atoms with van der Waals surface area (Å²) in [5.41, 5.74) is 2.61. The molecule has 1 aliphatic rings. The predicted molar refractivity (Wildman–Crippen MR) is 85.8 cm³/mol. The SMILES string of the molecule is OC1CCCN(Cc2ccc(Br)cc2F)c2ccccc21. The van der Waals surface area contributed by atoms with Crippen molar-refractivity contribution in [3.05, 3.63) is 63.9 Å². The maximum atomic E-state index is 14.1. The number of rotatable bonds is 2. The molecule has 1 heterocycles. The molecule has 0 amide bonds. The normalized spacial score (nSPS) is 18.2. The van der Waals surface area contributed by atoms with E-state index in [-0.39, 0.29) is 5.82 Å². The van der Waals surface area contributed by atoms with Gasteiger partial charge in [-0.25, -0.2) is 4.39 Å². The first kappa shape index (κ1) is 14.5. The molecule has 1 aliphatic heterocycles. The van der Waals surface area contributed by atoms with Gasteiger partial charge in [-0.2, -0.15) is 0 Å². The fourth-order valence-electron chi connectivity index (χ4n) is 2.83. The van der Waals surface area contributed by atoms with Crippen molar-refractivity contribution in [2.24, 2.45) is 0 Å². The van der Waals surface area contributed by atoms with Crippen LogP contribution < -0.4 is 4.90 Å². The second-order valence-electron chi connectivity index (χ2n) is 5.37. The zero-order valence-corrected chi connectivity index (χ0v) is 13.2. The molecule has 1 unspecified atom stereocenters. The van der Waals surface area contributed by atoms with Crippen LogP contribution in [0.5, 0.6) is 0 Å². The van der Waals surface area contributed by atoms with Crippen LogP contribution in [0.4, 0.5) is 10.1 Å². The highest BCUT2D eigenvalue weighted by Crippen LogP contribution is 2.33. The van der Waals surface area contributed by atoms with Gasteiger partial charge in [-0.1, -0.05) is 40.2 Å². The summed E-state index contributed by atoms with van der Waals surface area (Å²) < 4.78 is 14.8. The van der Waals surface area contributed by atoms with Gasteiger partial charge in [0, 0.05) is 34.4 Å². The third kappa shape index (κ3) is 3.11. The molecule has 0 radical (unpaired) electrons. The fraction of sp³-hybridized carbons (Fsp3) is 0.294. The first-order chi connectivity index (χ1) is 10.1. The summed E-state index contributed by atoms with van der Waals surface area (Å²) in [5.74, 6) is -0.202. The van der Waals surface area contributed by atoms with E-state index in [1.54, 1.807) is 0 Å². The maximum absolute atomic E-state index is 14.1. The molecular weight excluding hydrogens is 333 g/mol. The molecule has 0 saturated carbocycles. The minimum Gasteiger partial charge on any atom is -0.388 e. The molecule has 0 saturated heterocycles. The summed E-state index contributed by atoms with van der Waals surface area (Å²) in [5, 5.41) is 10.2. The van der Waals surface area contributed by atoms with E-state index in [9.17, 15) is 9.50 Å². The van der Waals surface area contributed by atoms with Crippen LogP contribution in [0.2, 0.25) is 0 Å². The third-order valence-corrected chi connectivity index (χ3v) is 4.41. The van der Waals surface area contributed by atoms with Gasteiger partial charge in [-0.15, -0.1) is 0 Å². The molecule has 0 bridgehead atoms. The van der Waals surface area contributed by atoms with E-state index in [4.69, 9.17) is 0 Å². The van der Waals surface area contributed by atoms with Crippen molar-refractivity contribution >= 4 is 21.6 Å². The van der Waals surface area contributed by atoms with Crippen LogP contribution in [0, 0.1) is 5.82 Å². The van der Waals surface area contributed by atoms with Gasteiger partial charge in [0.1, 0.15) is 5.82 Å². The summed E-state index contributed by atoms with van der Waals surface area (Å²) in [7, 11) is 0. The Morgan fingerprint density at radius 2 is 2.05 bits per heavy atom. The number of hydrogen-bond donors (Lipinski definition) is 1. The van der Waals surface area contributed by atoms with Gasteiger partial charge in [-0.05, 0) is 31.0 Å². The van der Waals surface area contributed by atoms with E-state index in [1.165, 1.54) is 6.07 Å². The van der Waals surface area contributed by atoms with E-state index in [0.717, 1.165) is 35.1 Å². The van der Waals surface area contributed by atoms with Crippen molar-refractivity contribution in [2.45, 2.75) is 25.5 Å². The Morgan fingerprint density at radius 1 is 1.24 bits per heavy atom. The van der Waals surface area contributed by atoms with Crippen LogP contribution in [0.3, 0.4) is 0 Å². The number of fused-ring (bicyclic) bond motifs is 1. The largest absolute Gasteiger partial charge is 0.388 e. The zero-order chi connectivity index (χ0) is 14.8. The van der Waals surface area contributed by atoms with E-state index in [1.807, 2.05) is 36.4 Å². The molecule has 1 atom stereocenters. The average Bonchev–Trinajstić information content (AvgIpc) is 2.63. The summed E-state index contributed by atoms with van der Waals surface area (Å²) in [4.78, 5) is 2.15. The highest BCUT2D eigenvalue weighted by Gasteiger charge is 2.21. The minimum absolute atomic E-state index is 0.202. The Kier molecular flexibility index (Phi) is 4.27. The summed E-state index contributed by atoms with van der Waals surface area (Å²) >= 11 is 3.28. The lowest BCUT2D eigenvalue weighted by Crippen LogP contribution is -2.24. The van der Waals surface area contributed by atoms with Crippen LogP contribution >= 0.6 is 15.9 Å². The van der Waals surface area contributed by atoms with E-state index < -0.39 is 6.10 Å². The van der Waals surface area contributed by atoms with Crippen molar-refractivity contribution in [1.29, 1.82) is 0 Å². The highest BCUT2D eigenvalue weighted by molar-refractivity contribution is 9.10. The lowest BCUT2D eigenvalue weighted by Gasteiger charge is -2.25. The van der Waals surface area contributed by atoms with Gasteiger partial charge >= 0.3 is 0 Å². The van der Waals surface area contributed by atoms with E-state index >= 15 is 0 Å². The Bertz CT molecular complexity index is 646. The first-order valence-corrected chi connectivity index (χ1v) is 7.90. The van der Waals surface area contributed by atoms with Crippen LogP contribution in [0.25, 0.3) is 0 Å². The third-order valence-electron chi connectivity index (χ3n) is 3.92. The number of para-hydroxylation sites is 1. The Hall–Kier alpha value is -1.39. The maximum Gasteiger partial charge on any atom is 0.129 e. The molecule has 2 aromatic rings. The first-order valence-electron chi connectivity index (χ1n) is 7.11. The standard InChI is InChI=1S/C17H17BrFNO/c18-13-8-7-12(15(19)10-13)11-20-9-3-6-17(21)14-4-1-2-5-16(14)20/h1-2,4-5,7-8,10,17,21H,3,6,9,11H2. The minimum atomic E-state index is -0.430. The van der Waals surface area contributed by atoms with Crippen LogP contribution in [-0.2, 0) is 6.54 Å². The number of hydrogen-bond acceptors (Lipinski definition) is 2. The van der Waals surface area contributed by atoms with Crippen LogP contribution in [-0.4, -0.2) is 11.7 Å². The van der Waals surface area contributed by atoms with Gasteiger partial charge in [0.15, 0.2) is 0 Å². The number of halogens is 2. The summed E-state index contributed by atoms with van der Waals surface area (Å²) in [6, 6.07) is 13.0. The van der Waals surface area contributed by atoms with Gasteiger partial charge in [0.2, 0.25) is 0 Å². The van der Waals surface area contributed by atoms with Gasteiger partial charge < -0.3 is 10.0 Å². The van der Waals surface area contributed by atoms with Crippen LogP contribution in [0.15, 0.2) is 46.9 Å². The van der Waals surface area contributed by atoms with Crippen molar-refractivity contribution in [1.82, 2.24) is 0 Å². The number of aliphatic hydroxyl groups is 1. The molecule has 0 spiro atoms. The molecular formula is C17H17BrFNO. The molecule has 2 nitrogen and oxygen atoms in total. The fourth-order valence-corrected chi connectivity index (χ4v) is 3.16. The topological polar surface area (TPSA) is 23.5 Å². The molecule has 0 aromatic heterocycles. The molecule has 0 fully saturated rings. The predicted octanol–water partition coefficient (Wildman–Crippen LogP) is 4.42. The number of benzene rings is 2. The van der Waals surface area contributed by atoms with Crippen LogP contribution in [0.1, 0.15) is 30.1 Å². The molecule has 21 heavy (non-hydrogen) atoms. The second kappa shape index (κ2) is 6.16. The number of anilines is 1. The number of aliphatic hydroxyl groups excluding tert-OH is 1. The summed E-state index contributed by atoms with van der Waals surface area (Å²) in [6.45, 7) is 1.34. The molecule has 3 rings (SSSR count). The van der Waals surface area contributed by atoms with Crippen molar-refractivity contribution in [3.8, 4) is 0 Å². The Labute approximate surface area is 132 Å². The van der Waals surface area contributed by atoms with Crippen molar-refractivity contribution < 1.29 is 9.50 Å². The monoisotopic (exact) mass is 349 g/mol. The second-order valence-corrected chi connectivity index (χ2v) is 6.29. The average molecular weight is 350 g/mol. The van der Waals surface area contributed by atoms with Crippen molar-refractivity contribution in [3.63, 3.8) is 0 Å². The zero-order valence-electron chi connectivity index (χ0n) is 11.6. The summed E-state index contributed by atoms with van der Waals surface area (Å²) in [6.07, 6.45) is 1.21. The number of nitrogens with zero attached hydrogens (tertiary/aromatic N) is 1. The quantitative estimate of drug-likeness (QED) is 0.867. The van der Waals surface area contributed by atoms with Gasteiger partial charge in [0.05, 0.1) is 6.10 Å². The van der Waals surface area contributed by atoms with E-state index in [2.05, 4.69) is 20.8 Å². The molecule has 0 aliphatic carbocycles. The highest BCUT2D eigenvalue weighted by atomic mass is 79.9. The lowest BCUT2D eigenvalue weighted by molar-refractivity contribution is 0.168. The Balaban J connectivity index is 1.93. The lowest BCUT2D eigenvalue weighted by atomic mass is 10.0. The Morgan fingerprint density at radius 3 is 2.86 bits per heavy atom. The molecule has 1 N–H and O–H groups in total. The van der Waals surface area contributed by atoms with Crippen molar-refractivity contribution in [2.75, 3.05) is 11.4 Å². The molecule has 2 aromatic carbocycles. The smallest absolute Gasteiger partial charge is 0.129 e. The molecule has 110 valence electrons. The van der Waals surface area contributed by atoms with E-state index in [0.29, 0.717) is 12.1 Å².